The molecule has 1 aromatic carbocycles. The largest absolute Gasteiger partial charge is 0.493 e. The van der Waals surface area contributed by atoms with Crippen molar-refractivity contribution in [3.63, 3.8) is 0 Å². The fourth-order valence-electron chi connectivity index (χ4n) is 5.22. The van der Waals surface area contributed by atoms with Crippen LogP contribution in [0.4, 0.5) is 24.8 Å². The number of benzene rings is 1. The number of halogens is 3. The number of thiophene rings is 1. The highest BCUT2D eigenvalue weighted by atomic mass is 32.1. The second-order valence-corrected chi connectivity index (χ2v) is 11.1. The summed E-state index contributed by atoms with van der Waals surface area (Å²) in [7, 11) is 5.24. The summed E-state index contributed by atoms with van der Waals surface area (Å²) in [6.07, 6.45) is -1.49. The Hall–Kier alpha value is -3.48. The lowest BCUT2D eigenvalue weighted by Gasteiger charge is -2.28. The van der Waals surface area contributed by atoms with E-state index in [-0.39, 0.29) is 17.0 Å². The van der Waals surface area contributed by atoms with Gasteiger partial charge in [0.05, 0.1) is 31.1 Å². The first kappa shape index (κ1) is 28.1. The third kappa shape index (κ3) is 6.13. The summed E-state index contributed by atoms with van der Waals surface area (Å²) in [5.41, 5.74) is 3.09. The van der Waals surface area contributed by atoms with Crippen molar-refractivity contribution >= 4 is 33.2 Å². The van der Waals surface area contributed by atoms with Crippen LogP contribution >= 0.6 is 11.3 Å². The van der Waals surface area contributed by atoms with Crippen molar-refractivity contribution in [1.29, 1.82) is 0 Å². The number of rotatable bonds is 9. The molecule has 3 heterocycles. The van der Waals surface area contributed by atoms with Gasteiger partial charge in [0, 0.05) is 43.3 Å². The molecule has 4 aromatic rings. The number of pyridine rings is 1. The molecule has 0 amide bonds. The molecule has 0 saturated heterocycles. The van der Waals surface area contributed by atoms with Crippen LogP contribution in [-0.4, -0.2) is 65.6 Å². The molecule has 3 atom stereocenters. The lowest BCUT2D eigenvalue weighted by atomic mass is 10.0. The van der Waals surface area contributed by atoms with Gasteiger partial charge in [-0.05, 0) is 36.1 Å². The molecule has 212 valence electrons. The minimum Gasteiger partial charge on any atom is -0.493 e. The number of nitrogens with one attached hydrogen (secondary N) is 2. The van der Waals surface area contributed by atoms with Gasteiger partial charge in [0.2, 0.25) is 0 Å². The number of anilines is 2. The number of methoxy groups -OCH3 is 1. The molecule has 1 saturated carbocycles. The first-order valence-electron chi connectivity index (χ1n) is 12.9. The van der Waals surface area contributed by atoms with E-state index in [1.165, 1.54) is 12.4 Å². The average molecular weight is 573 g/mol. The molecule has 0 bridgehead atoms. The van der Waals surface area contributed by atoms with Gasteiger partial charge in [-0.15, -0.1) is 11.3 Å². The number of hydrogen-bond donors (Lipinski definition) is 3. The fourth-order valence-corrected chi connectivity index (χ4v) is 6.24. The molecule has 8 nitrogen and oxygen atoms in total. The van der Waals surface area contributed by atoms with Gasteiger partial charge < -0.3 is 25.4 Å². The van der Waals surface area contributed by atoms with Crippen LogP contribution in [-0.2, 0) is 13.0 Å². The third-order valence-electron chi connectivity index (χ3n) is 7.25. The van der Waals surface area contributed by atoms with E-state index < -0.39 is 18.7 Å². The smallest absolute Gasteiger partial charge is 0.393 e. The standard InChI is InChI=1S/C28H31F3N6O2S/c1-32-25-24(39-3)8-18(14-34-25)17-6-4-16(5-7-17)13-33-19-9-22(23(38)10-19)37(2)26-21-11-20(12-28(29,30)31)40-27(21)36-15-35-26/h4-8,11,14-15,19,22-23,33,38H,9-10,12-13H2,1-3H3,(H,32,34)/t19-,22+,23-/m1/s1. The zero-order valence-electron chi connectivity index (χ0n) is 22.4. The van der Waals surface area contributed by atoms with Crippen LogP contribution in [0, 0.1) is 0 Å². The molecule has 5 rings (SSSR count). The van der Waals surface area contributed by atoms with Crippen molar-refractivity contribution in [2.24, 2.45) is 0 Å². The van der Waals surface area contributed by atoms with Gasteiger partial charge in [-0.1, -0.05) is 24.3 Å². The number of alkyl halides is 3. The van der Waals surface area contributed by atoms with Crippen molar-refractivity contribution < 1.29 is 23.0 Å². The fraction of sp³-hybridized carbons (Fsp3) is 0.393. The van der Waals surface area contributed by atoms with Crippen LogP contribution < -0.4 is 20.3 Å². The summed E-state index contributed by atoms with van der Waals surface area (Å²) in [6, 6.07) is 11.5. The summed E-state index contributed by atoms with van der Waals surface area (Å²) >= 11 is 1.02. The molecule has 0 radical (unpaired) electrons. The molecule has 3 N–H and O–H groups in total. The molecular weight excluding hydrogens is 541 g/mol. The summed E-state index contributed by atoms with van der Waals surface area (Å²) in [5, 5.41) is 18.0. The van der Waals surface area contributed by atoms with Crippen molar-refractivity contribution in [3.8, 4) is 16.9 Å². The molecule has 0 aliphatic heterocycles. The molecule has 3 aromatic heterocycles. The van der Waals surface area contributed by atoms with Gasteiger partial charge in [-0.2, -0.15) is 13.2 Å². The first-order valence-corrected chi connectivity index (χ1v) is 13.7. The lowest BCUT2D eigenvalue weighted by Crippen LogP contribution is -2.38. The number of aromatic nitrogens is 3. The van der Waals surface area contributed by atoms with Crippen LogP contribution in [0.25, 0.3) is 21.3 Å². The zero-order chi connectivity index (χ0) is 28.4. The van der Waals surface area contributed by atoms with E-state index in [4.69, 9.17) is 4.74 Å². The second kappa shape index (κ2) is 11.6. The number of aliphatic hydroxyl groups is 1. The SMILES string of the molecule is CNc1ncc(-c2ccc(CN[C@H]3C[C@@H](O)[C@@H](N(C)c4ncnc5sc(CC(F)(F)F)cc45)C3)cc2)cc1OC. The second-order valence-electron chi connectivity index (χ2n) is 9.94. The normalized spacial score (nSPS) is 19.2. The Kier molecular flexibility index (Phi) is 8.11. The Morgan fingerprint density at radius 3 is 2.58 bits per heavy atom. The highest BCUT2D eigenvalue weighted by Gasteiger charge is 2.37. The number of nitrogens with zero attached hydrogens (tertiary/aromatic N) is 4. The van der Waals surface area contributed by atoms with Gasteiger partial charge in [0.25, 0.3) is 0 Å². The van der Waals surface area contributed by atoms with Crippen molar-refractivity contribution in [1.82, 2.24) is 20.3 Å². The highest BCUT2D eigenvalue weighted by Crippen LogP contribution is 2.36. The minimum absolute atomic E-state index is 0.0743. The molecule has 0 unspecified atom stereocenters. The molecule has 1 aliphatic rings. The van der Waals surface area contributed by atoms with Crippen LogP contribution in [0.15, 0.2) is 48.9 Å². The third-order valence-corrected chi connectivity index (χ3v) is 8.30. The Morgan fingerprint density at radius 1 is 1.10 bits per heavy atom. The summed E-state index contributed by atoms with van der Waals surface area (Å²) in [6.45, 7) is 0.636. The summed E-state index contributed by atoms with van der Waals surface area (Å²) < 4.78 is 44.2. The summed E-state index contributed by atoms with van der Waals surface area (Å²) in [4.78, 5) is 15.5. The molecule has 12 heteroatoms. The predicted molar refractivity (Wildman–Crippen MR) is 151 cm³/mol. The predicted octanol–water partition coefficient (Wildman–Crippen LogP) is 5.03. The Labute approximate surface area is 234 Å². The van der Waals surface area contributed by atoms with E-state index in [1.54, 1.807) is 20.4 Å². The Bertz CT molecular complexity index is 1460. The van der Waals surface area contributed by atoms with E-state index in [0.717, 1.165) is 28.0 Å². The van der Waals surface area contributed by atoms with Crippen LogP contribution in [0.1, 0.15) is 23.3 Å². The van der Waals surface area contributed by atoms with Gasteiger partial charge in [0.15, 0.2) is 11.6 Å². The molecule has 40 heavy (non-hydrogen) atoms. The number of likely N-dealkylation sites (N-methyl/N-ethyl adjacent to an activating group) is 1. The lowest BCUT2D eigenvalue weighted by molar-refractivity contribution is -0.126. The highest BCUT2D eigenvalue weighted by molar-refractivity contribution is 7.18. The van der Waals surface area contributed by atoms with E-state index in [2.05, 4.69) is 37.7 Å². The molecule has 1 fully saturated rings. The van der Waals surface area contributed by atoms with Crippen LogP contribution in [0.5, 0.6) is 5.75 Å². The number of aliphatic hydroxyl groups excluding tert-OH is 1. The maximum Gasteiger partial charge on any atom is 0.393 e. The Balaban J connectivity index is 1.22. The van der Waals surface area contributed by atoms with E-state index in [1.807, 2.05) is 30.1 Å². The quantitative estimate of drug-likeness (QED) is 0.257. The van der Waals surface area contributed by atoms with Crippen molar-refractivity contribution in [2.75, 3.05) is 31.4 Å². The summed E-state index contributed by atoms with van der Waals surface area (Å²) in [5.74, 6) is 1.89. The van der Waals surface area contributed by atoms with Crippen molar-refractivity contribution in [2.45, 2.75) is 50.2 Å². The molecule has 0 spiro atoms. The van der Waals surface area contributed by atoms with Gasteiger partial charge >= 0.3 is 6.18 Å². The molecule has 1 aliphatic carbocycles. The monoisotopic (exact) mass is 572 g/mol. The number of ether oxygens (including phenoxy) is 1. The maximum atomic E-state index is 12.9. The first-order chi connectivity index (χ1) is 19.1. The Morgan fingerprint density at radius 2 is 1.88 bits per heavy atom. The van der Waals surface area contributed by atoms with E-state index in [0.29, 0.717) is 47.0 Å². The van der Waals surface area contributed by atoms with Crippen LogP contribution in [0.3, 0.4) is 0 Å². The minimum atomic E-state index is -4.29. The van der Waals surface area contributed by atoms with E-state index in [9.17, 15) is 18.3 Å². The maximum absolute atomic E-state index is 12.9. The van der Waals surface area contributed by atoms with Gasteiger partial charge in [-0.25, -0.2) is 15.0 Å². The van der Waals surface area contributed by atoms with Gasteiger partial charge in [-0.3, -0.25) is 0 Å². The van der Waals surface area contributed by atoms with Crippen molar-refractivity contribution in [3.05, 3.63) is 59.4 Å². The number of hydrogen-bond acceptors (Lipinski definition) is 9. The van der Waals surface area contributed by atoms with Gasteiger partial charge in [0.1, 0.15) is 17.0 Å². The zero-order valence-corrected chi connectivity index (χ0v) is 23.2. The number of fused-ring (bicyclic) bond motifs is 1. The molecular formula is C28H31F3N6O2S. The van der Waals surface area contributed by atoms with Crippen LogP contribution in [0.2, 0.25) is 0 Å². The topological polar surface area (TPSA) is 95.4 Å². The average Bonchev–Trinajstić information content (AvgIpc) is 3.52. The van der Waals surface area contributed by atoms with E-state index >= 15 is 0 Å².